The lowest BCUT2D eigenvalue weighted by molar-refractivity contribution is 0.175. The predicted octanol–water partition coefficient (Wildman–Crippen LogP) is 2.25. The van der Waals surface area contributed by atoms with Gasteiger partial charge in [0, 0.05) is 18.8 Å². The molecule has 1 aromatic carbocycles. The van der Waals surface area contributed by atoms with Crippen LogP contribution in [-0.4, -0.2) is 15.1 Å². The third kappa shape index (κ3) is 2.31. The van der Waals surface area contributed by atoms with Crippen molar-refractivity contribution in [1.29, 1.82) is 0 Å². The first-order valence-electron chi connectivity index (χ1n) is 5.55. The molecule has 0 amide bonds. The molecule has 2 rings (SSSR count). The Kier molecular flexibility index (Phi) is 3.37. The summed E-state index contributed by atoms with van der Waals surface area (Å²) in [5.41, 5.74) is 2.20. The maximum Gasteiger partial charge on any atom is 0.108 e. The molecule has 0 radical (unpaired) electrons. The Balaban J connectivity index is 2.17. The van der Waals surface area contributed by atoms with Gasteiger partial charge in [0.05, 0.1) is 6.10 Å². The van der Waals surface area contributed by atoms with Gasteiger partial charge in [0.15, 0.2) is 0 Å². The molecule has 3 heteroatoms. The molecule has 0 spiro atoms. The number of hydrogen-bond acceptors (Lipinski definition) is 2. The average Bonchev–Trinajstić information content (AvgIpc) is 2.81. The summed E-state index contributed by atoms with van der Waals surface area (Å²) in [4.78, 5) is 7.13. The average molecular weight is 216 g/mol. The van der Waals surface area contributed by atoms with Gasteiger partial charge in [0.1, 0.15) is 5.82 Å². The van der Waals surface area contributed by atoms with E-state index in [0.29, 0.717) is 6.42 Å². The zero-order chi connectivity index (χ0) is 11.4. The lowest BCUT2D eigenvalue weighted by Crippen LogP contribution is -2.06. The monoisotopic (exact) mass is 216 g/mol. The second kappa shape index (κ2) is 4.94. The number of aliphatic hydroxyl groups is 1. The molecular formula is C13H16N2O. The minimum atomic E-state index is -0.484. The molecule has 0 saturated carbocycles. The number of nitrogens with zero attached hydrogens (tertiary/aromatic N) is 1. The number of benzene rings is 1. The first-order chi connectivity index (χ1) is 7.81. The molecule has 2 N–H and O–H groups in total. The summed E-state index contributed by atoms with van der Waals surface area (Å²) >= 11 is 0. The summed E-state index contributed by atoms with van der Waals surface area (Å²) in [6.07, 6.45) is 4.46. The van der Waals surface area contributed by atoms with E-state index in [1.54, 1.807) is 12.4 Å². The summed E-state index contributed by atoms with van der Waals surface area (Å²) in [7, 11) is 0. The van der Waals surface area contributed by atoms with E-state index in [2.05, 4.69) is 23.0 Å². The van der Waals surface area contributed by atoms with Crippen LogP contribution in [0, 0.1) is 0 Å². The Morgan fingerprint density at radius 3 is 2.88 bits per heavy atom. The lowest BCUT2D eigenvalue weighted by Gasteiger charge is -2.13. The third-order valence-corrected chi connectivity index (χ3v) is 2.74. The molecule has 0 saturated heterocycles. The fourth-order valence-corrected chi connectivity index (χ4v) is 1.88. The highest BCUT2D eigenvalue weighted by Crippen LogP contribution is 2.21. The van der Waals surface area contributed by atoms with Gasteiger partial charge in [-0.15, -0.1) is 0 Å². The largest absolute Gasteiger partial charge is 0.388 e. The second-order valence-electron chi connectivity index (χ2n) is 3.81. The molecule has 16 heavy (non-hydrogen) atoms. The topological polar surface area (TPSA) is 48.9 Å². The zero-order valence-corrected chi connectivity index (χ0v) is 9.35. The van der Waals surface area contributed by atoms with Crippen molar-refractivity contribution in [2.75, 3.05) is 0 Å². The van der Waals surface area contributed by atoms with Gasteiger partial charge in [-0.3, -0.25) is 0 Å². The number of H-pyrrole nitrogens is 1. The normalized spacial score (nSPS) is 12.6. The van der Waals surface area contributed by atoms with E-state index in [1.165, 1.54) is 5.56 Å². The van der Waals surface area contributed by atoms with Gasteiger partial charge in [-0.25, -0.2) is 4.98 Å². The molecule has 0 aliphatic carbocycles. The van der Waals surface area contributed by atoms with E-state index < -0.39 is 6.10 Å². The number of aromatic nitrogens is 2. The Hall–Kier alpha value is -1.61. The van der Waals surface area contributed by atoms with Gasteiger partial charge in [-0.05, 0) is 17.5 Å². The smallest absolute Gasteiger partial charge is 0.108 e. The number of aromatic amines is 1. The van der Waals surface area contributed by atoms with Gasteiger partial charge < -0.3 is 10.1 Å². The second-order valence-corrected chi connectivity index (χ2v) is 3.81. The van der Waals surface area contributed by atoms with Crippen molar-refractivity contribution in [2.24, 2.45) is 0 Å². The van der Waals surface area contributed by atoms with E-state index in [1.807, 2.05) is 18.2 Å². The van der Waals surface area contributed by atoms with Crippen molar-refractivity contribution in [2.45, 2.75) is 25.9 Å². The number of aliphatic hydroxyl groups excluding tert-OH is 1. The van der Waals surface area contributed by atoms with Crippen molar-refractivity contribution in [1.82, 2.24) is 9.97 Å². The first-order valence-corrected chi connectivity index (χ1v) is 5.55. The maximum absolute atomic E-state index is 10.1. The Bertz CT molecular complexity index is 437. The molecule has 0 fully saturated rings. The molecule has 1 aromatic heterocycles. The van der Waals surface area contributed by atoms with Crippen LogP contribution in [0.4, 0.5) is 0 Å². The van der Waals surface area contributed by atoms with Crippen molar-refractivity contribution < 1.29 is 5.11 Å². The summed E-state index contributed by atoms with van der Waals surface area (Å²) in [6.45, 7) is 2.10. The van der Waals surface area contributed by atoms with Gasteiger partial charge in [0.25, 0.3) is 0 Å². The van der Waals surface area contributed by atoms with Crippen LogP contribution >= 0.6 is 0 Å². The van der Waals surface area contributed by atoms with E-state index in [4.69, 9.17) is 0 Å². The van der Waals surface area contributed by atoms with Crippen molar-refractivity contribution in [3.05, 3.63) is 53.6 Å². The third-order valence-electron chi connectivity index (χ3n) is 2.74. The van der Waals surface area contributed by atoms with Crippen LogP contribution in [0.3, 0.4) is 0 Å². The molecule has 84 valence electrons. The minimum Gasteiger partial charge on any atom is -0.388 e. The predicted molar refractivity (Wildman–Crippen MR) is 63.1 cm³/mol. The maximum atomic E-state index is 10.1. The van der Waals surface area contributed by atoms with E-state index in [0.717, 1.165) is 17.8 Å². The molecule has 1 unspecified atom stereocenters. The quantitative estimate of drug-likeness (QED) is 0.823. The number of nitrogens with one attached hydrogen (secondary N) is 1. The van der Waals surface area contributed by atoms with Crippen molar-refractivity contribution in [3.8, 4) is 0 Å². The fourth-order valence-electron chi connectivity index (χ4n) is 1.88. The number of aryl methyl sites for hydroxylation is 1. The first kappa shape index (κ1) is 10.9. The Labute approximate surface area is 95.2 Å². The highest BCUT2D eigenvalue weighted by atomic mass is 16.3. The lowest BCUT2D eigenvalue weighted by atomic mass is 9.98. The summed E-state index contributed by atoms with van der Waals surface area (Å²) in [5.74, 6) is 0.818. The Morgan fingerprint density at radius 2 is 2.19 bits per heavy atom. The molecule has 3 nitrogen and oxygen atoms in total. The molecular weight excluding hydrogens is 200 g/mol. The van der Waals surface area contributed by atoms with Crippen LogP contribution in [0.5, 0.6) is 0 Å². The molecule has 2 aromatic rings. The summed E-state index contributed by atoms with van der Waals surface area (Å²) in [5, 5.41) is 10.1. The van der Waals surface area contributed by atoms with Crippen LogP contribution < -0.4 is 0 Å². The minimum absolute atomic E-state index is 0.484. The van der Waals surface area contributed by atoms with Crippen LogP contribution in [-0.2, 0) is 12.8 Å². The molecule has 1 heterocycles. The van der Waals surface area contributed by atoms with Crippen molar-refractivity contribution >= 4 is 0 Å². The highest BCUT2D eigenvalue weighted by molar-refractivity contribution is 5.29. The standard InChI is InChI=1S/C13H16N2O/c1-2-10-5-3-4-6-11(10)12(16)9-13-14-7-8-15-13/h3-8,12,16H,2,9H2,1H3,(H,14,15). The number of imidazole rings is 1. The highest BCUT2D eigenvalue weighted by Gasteiger charge is 2.12. The van der Waals surface area contributed by atoms with Crippen LogP contribution in [0.2, 0.25) is 0 Å². The van der Waals surface area contributed by atoms with Crippen LogP contribution in [0.25, 0.3) is 0 Å². The number of hydrogen-bond donors (Lipinski definition) is 2. The van der Waals surface area contributed by atoms with Gasteiger partial charge >= 0.3 is 0 Å². The molecule has 0 aliphatic heterocycles. The van der Waals surface area contributed by atoms with E-state index in [9.17, 15) is 5.11 Å². The van der Waals surface area contributed by atoms with Crippen LogP contribution in [0.1, 0.15) is 30.0 Å². The molecule has 0 bridgehead atoms. The number of rotatable bonds is 4. The Morgan fingerprint density at radius 1 is 1.38 bits per heavy atom. The van der Waals surface area contributed by atoms with E-state index in [-0.39, 0.29) is 0 Å². The van der Waals surface area contributed by atoms with Gasteiger partial charge in [-0.2, -0.15) is 0 Å². The summed E-state index contributed by atoms with van der Waals surface area (Å²) < 4.78 is 0. The van der Waals surface area contributed by atoms with E-state index >= 15 is 0 Å². The molecule has 0 aliphatic rings. The fraction of sp³-hybridized carbons (Fsp3) is 0.308. The van der Waals surface area contributed by atoms with Gasteiger partial charge in [-0.1, -0.05) is 31.2 Å². The van der Waals surface area contributed by atoms with Gasteiger partial charge in [0.2, 0.25) is 0 Å². The molecule has 1 atom stereocenters. The zero-order valence-electron chi connectivity index (χ0n) is 9.35. The van der Waals surface area contributed by atoms with Crippen molar-refractivity contribution in [3.63, 3.8) is 0 Å². The summed E-state index contributed by atoms with van der Waals surface area (Å²) in [6, 6.07) is 7.99. The SMILES string of the molecule is CCc1ccccc1C(O)Cc1ncc[nH]1. The van der Waals surface area contributed by atoms with Crippen LogP contribution in [0.15, 0.2) is 36.7 Å².